The normalized spacial score (nSPS) is 18.2. The summed E-state index contributed by atoms with van der Waals surface area (Å²) in [6.45, 7) is 2.19. The number of nitrogens with two attached hydrogens (primary N) is 1. The smallest absolute Gasteiger partial charge is 0.342 e. The van der Waals surface area contributed by atoms with Crippen molar-refractivity contribution in [2.24, 2.45) is 11.7 Å². The number of rotatable bonds is 8. The Kier molecular flexibility index (Phi) is 7.94. The highest BCUT2D eigenvalue weighted by Crippen LogP contribution is 2.30. The number of benzene rings is 1. The first kappa shape index (κ1) is 20.7. The minimum absolute atomic E-state index is 0.200. The zero-order valence-electron chi connectivity index (χ0n) is 15.2. The van der Waals surface area contributed by atoms with Crippen molar-refractivity contribution in [3.63, 3.8) is 0 Å². The van der Waals surface area contributed by atoms with Crippen LogP contribution in [0.3, 0.4) is 0 Å². The molecule has 1 atom stereocenters. The van der Waals surface area contributed by atoms with Crippen LogP contribution in [0.1, 0.15) is 56.1 Å². The lowest BCUT2D eigenvalue weighted by atomic mass is 9.91. The van der Waals surface area contributed by atoms with Crippen molar-refractivity contribution in [3.8, 4) is 0 Å². The second-order valence-corrected chi connectivity index (χ2v) is 7.18. The van der Waals surface area contributed by atoms with Gasteiger partial charge in [-0.2, -0.15) is 13.2 Å². The Morgan fingerprint density at radius 1 is 1.23 bits per heavy atom. The lowest BCUT2D eigenvalue weighted by molar-refractivity contribution is -0.137. The first-order valence-corrected chi connectivity index (χ1v) is 9.54. The van der Waals surface area contributed by atoms with Crippen LogP contribution in [0.4, 0.5) is 13.2 Å². The molecule has 6 heteroatoms. The standard InChI is InChI=1S/C20H29F3N2O/c21-20(22,23)18-8-4-6-16(14-18)10-11-17-7-5-13-25(15-17)19(26)9-2-1-3-12-24/h4,6,8,14,17H,1-3,5,7,9-13,15,24H2/t17-/m0/s1. The van der Waals surface area contributed by atoms with E-state index in [2.05, 4.69) is 0 Å². The minimum atomic E-state index is -4.30. The highest BCUT2D eigenvalue weighted by atomic mass is 19.4. The fourth-order valence-electron chi connectivity index (χ4n) is 3.56. The number of hydrogen-bond donors (Lipinski definition) is 1. The van der Waals surface area contributed by atoms with Crippen molar-refractivity contribution in [1.29, 1.82) is 0 Å². The van der Waals surface area contributed by atoms with Crippen LogP contribution < -0.4 is 5.73 Å². The molecule has 1 saturated heterocycles. The van der Waals surface area contributed by atoms with Crippen LogP contribution in [-0.2, 0) is 17.4 Å². The van der Waals surface area contributed by atoms with E-state index in [9.17, 15) is 18.0 Å². The molecule has 0 unspecified atom stereocenters. The quantitative estimate of drug-likeness (QED) is 0.690. The third kappa shape index (κ3) is 6.63. The van der Waals surface area contributed by atoms with Gasteiger partial charge in [0.05, 0.1) is 5.56 Å². The molecule has 2 rings (SSSR count). The molecular weight excluding hydrogens is 341 g/mol. The molecule has 1 aliphatic heterocycles. The summed E-state index contributed by atoms with van der Waals surface area (Å²) < 4.78 is 38.4. The van der Waals surface area contributed by atoms with Gasteiger partial charge < -0.3 is 10.6 Å². The Balaban J connectivity index is 1.80. The molecule has 1 aliphatic rings. The maximum absolute atomic E-state index is 12.8. The van der Waals surface area contributed by atoms with E-state index in [0.717, 1.165) is 57.7 Å². The SMILES string of the molecule is NCCCCCC(=O)N1CCC[C@@H](CCc2cccc(C(F)(F)F)c2)C1. The van der Waals surface area contributed by atoms with E-state index in [1.165, 1.54) is 12.1 Å². The van der Waals surface area contributed by atoms with Crippen LogP contribution >= 0.6 is 0 Å². The molecule has 2 N–H and O–H groups in total. The van der Waals surface area contributed by atoms with Crippen molar-refractivity contribution in [1.82, 2.24) is 4.90 Å². The molecule has 0 radical (unpaired) electrons. The van der Waals surface area contributed by atoms with Gasteiger partial charge in [0, 0.05) is 19.5 Å². The number of carbonyl (C=O) groups is 1. The Morgan fingerprint density at radius 2 is 2.04 bits per heavy atom. The van der Waals surface area contributed by atoms with Gasteiger partial charge in [-0.3, -0.25) is 4.79 Å². The monoisotopic (exact) mass is 370 g/mol. The van der Waals surface area contributed by atoms with Crippen LogP contribution in [0.2, 0.25) is 0 Å². The zero-order chi connectivity index (χ0) is 19.0. The zero-order valence-corrected chi connectivity index (χ0v) is 15.2. The number of likely N-dealkylation sites (tertiary alicyclic amines) is 1. The Morgan fingerprint density at radius 3 is 2.77 bits per heavy atom. The third-order valence-corrected chi connectivity index (χ3v) is 5.06. The summed E-state index contributed by atoms with van der Waals surface area (Å²) in [6.07, 6.45) is 2.53. The molecule has 1 amide bonds. The molecule has 0 bridgehead atoms. The van der Waals surface area contributed by atoms with Gasteiger partial charge in [-0.15, -0.1) is 0 Å². The van der Waals surface area contributed by atoms with Crippen molar-refractivity contribution in [2.45, 2.75) is 57.5 Å². The lowest BCUT2D eigenvalue weighted by Gasteiger charge is -2.33. The fraction of sp³-hybridized carbons (Fsp3) is 0.650. The molecule has 1 aromatic rings. The van der Waals surface area contributed by atoms with Crippen LogP contribution in [0.5, 0.6) is 0 Å². The number of amides is 1. The fourth-order valence-corrected chi connectivity index (χ4v) is 3.56. The van der Waals surface area contributed by atoms with Gasteiger partial charge in [-0.1, -0.05) is 24.6 Å². The van der Waals surface area contributed by atoms with E-state index in [4.69, 9.17) is 5.73 Å². The van der Waals surface area contributed by atoms with E-state index >= 15 is 0 Å². The van der Waals surface area contributed by atoms with Crippen LogP contribution in [-0.4, -0.2) is 30.4 Å². The molecule has 1 fully saturated rings. The number of halogens is 3. The number of aryl methyl sites for hydroxylation is 1. The molecule has 0 spiro atoms. The molecule has 1 aromatic carbocycles. The van der Waals surface area contributed by atoms with E-state index in [1.807, 2.05) is 4.90 Å². The molecule has 26 heavy (non-hydrogen) atoms. The van der Waals surface area contributed by atoms with Crippen molar-refractivity contribution >= 4 is 5.91 Å². The number of nitrogens with zero attached hydrogens (tertiary/aromatic N) is 1. The van der Waals surface area contributed by atoms with E-state index < -0.39 is 11.7 Å². The molecule has 3 nitrogen and oxygen atoms in total. The Labute approximate surface area is 153 Å². The maximum atomic E-state index is 12.8. The number of carbonyl (C=O) groups excluding carboxylic acids is 1. The molecule has 0 aromatic heterocycles. The van der Waals surface area contributed by atoms with Gasteiger partial charge in [0.1, 0.15) is 0 Å². The highest BCUT2D eigenvalue weighted by Gasteiger charge is 2.30. The largest absolute Gasteiger partial charge is 0.416 e. The lowest BCUT2D eigenvalue weighted by Crippen LogP contribution is -2.39. The summed E-state index contributed by atoms with van der Waals surface area (Å²) in [5, 5.41) is 0. The van der Waals surface area contributed by atoms with Crippen LogP contribution in [0, 0.1) is 5.92 Å². The second-order valence-electron chi connectivity index (χ2n) is 7.18. The summed E-state index contributed by atoms with van der Waals surface area (Å²) in [6, 6.07) is 5.56. The van der Waals surface area contributed by atoms with E-state index in [-0.39, 0.29) is 5.91 Å². The van der Waals surface area contributed by atoms with Gasteiger partial charge in [0.15, 0.2) is 0 Å². The second kappa shape index (κ2) is 9.95. The third-order valence-electron chi connectivity index (χ3n) is 5.06. The van der Waals surface area contributed by atoms with Crippen molar-refractivity contribution in [2.75, 3.05) is 19.6 Å². The number of alkyl halides is 3. The van der Waals surface area contributed by atoms with Gasteiger partial charge >= 0.3 is 6.18 Å². The molecule has 146 valence electrons. The molecule has 1 heterocycles. The summed E-state index contributed by atoms with van der Waals surface area (Å²) >= 11 is 0. The molecule has 0 saturated carbocycles. The highest BCUT2D eigenvalue weighted by molar-refractivity contribution is 5.76. The molecular formula is C20H29F3N2O. The number of piperidine rings is 1. The maximum Gasteiger partial charge on any atom is 0.416 e. The van der Waals surface area contributed by atoms with Gasteiger partial charge in [0.2, 0.25) is 5.91 Å². The van der Waals surface area contributed by atoms with E-state index in [0.29, 0.717) is 30.9 Å². The summed E-state index contributed by atoms with van der Waals surface area (Å²) in [5.41, 5.74) is 5.59. The molecule has 0 aliphatic carbocycles. The average molecular weight is 370 g/mol. The summed E-state index contributed by atoms with van der Waals surface area (Å²) in [4.78, 5) is 14.2. The minimum Gasteiger partial charge on any atom is -0.342 e. The number of unbranched alkanes of at least 4 members (excludes halogenated alkanes) is 2. The van der Waals surface area contributed by atoms with Crippen LogP contribution in [0.15, 0.2) is 24.3 Å². The first-order valence-electron chi connectivity index (χ1n) is 9.54. The Hall–Kier alpha value is -1.56. The summed E-state index contributed by atoms with van der Waals surface area (Å²) in [7, 11) is 0. The van der Waals surface area contributed by atoms with Gasteiger partial charge in [0.25, 0.3) is 0 Å². The topological polar surface area (TPSA) is 46.3 Å². The average Bonchev–Trinajstić information content (AvgIpc) is 2.63. The number of hydrogen-bond acceptors (Lipinski definition) is 2. The van der Waals surface area contributed by atoms with Gasteiger partial charge in [-0.25, -0.2) is 0 Å². The van der Waals surface area contributed by atoms with Crippen LogP contribution in [0.25, 0.3) is 0 Å². The van der Waals surface area contributed by atoms with Crippen molar-refractivity contribution < 1.29 is 18.0 Å². The summed E-state index contributed by atoms with van der Waals surface area (Å²) in [5.74, 6) is 0.567. The predicted octanol–water partition coefficient (Wildman–Crippen LogP) is 4.40. The predicted molar refractivity (Wildman–Crippen MR) is 96.6 cm³/mol. The Bertz CT molecular complexity index is 574. The first-order chi connectivity index (χ1) is 12.4. The van der Waals surface area contributed by atoms with Crippen molar-refractivity contribution in [3.05, 3.63) is 35.4 Å². The van der Waals surface area contributed by atoms with E-state index in [1.54, 1.807) is 6.07 Å². The van der Waals surface area contributed by atoms with Gasteiger partial charge in [-0.05, 0) is 62.6 Å².